The molecule has 8 atom stereocenters. The molecule has 53 heavy (non-hydrogen) atoms. The van der Waals surface area contributed by atoms with Gasteiger partial charge in [-0.3, -0.25) is 4.79 Å². The summed E-state index contributed by atoms with van der Waals surface area (Å²) in [6.45, 7) is 16.9. The van der Waals surface area contributed by atoms with Crippen molar-refractivity contribution in [1.29, 1.82) is 0 Å². The second kappa shape index (κ2) is 22.1. The summed E-state index contributed by atoms with van der Waals surface area (Å²) in [6.07, 6.45) is 51.6. The fourth-order valence-corrected chi connectivity index (χ4v) is 11.2. The predicted molar refractivity (Wildman–Crippen MR) is 230 cm³/mol. The molecule has 0 saturated heterocycles. The van der Waals surface area contributed by atoms with Crippen LogP contribution in [0.5, 0.6) is 0 Å². The molecule has 0 amide bonds. The van der Waals surface area contributed by atoms with Crippen molar-refractivity contribution in [3.05, 3.63) is 96.2 Å². The number of ether oxygens (including phenoxy) is 1. The molecule has 0 N–H and O–H groups in total. The largest absolute Gasteiger partial charge is 0.462 e. The third-order valence-electron chi connectivity index (χ3n) is 14.2. The van der Waals surface area contributed by atoms with Crippen LogP contribution in [0.25, 0.3) is 0 Å². The van der Waals surface area contributed by atoms with E-state index in [0.717, 1.165) is 87.4 Å². The van der Waals surface area contributed by atoms with E-state index in [-0.39, 0.29) is 12.1 Å². The summed E-state index contributed by atoms with van der Waals surface area (Å²) in [7, 11) is 0. The van der Waals surface area contributed by atoms with E-state index < -0.39 is 0 Å². The molecule has 294 valence electrons. The Balaban J connectivity index is 1.13. The summed E-state index contributed by atoms with van der Waals surface area (Å²) < 4.78 is 6.10. The molecule has 2 nitrogen and oxygen atoms in total. The molecule has 4 rings (SSSR count). The highest BCUT2D eigenvalue weighted by atomic mass is 16.5. The molecule has 0 aromatic heterocycles. The number of rotatable bonds is 20. The van der Waals surface area contributed by atoms with Gasteiger partial charge in [-0.2, -0.15) is 0 Å². The number of fused-ring (bicyclic) bond motifs is 5. The molecule has 2 heteroatoms. The maximum atomic E-state index is 12.8. The van der Waals surface area contributed by atoms with E-state index in [1.807, 2.05) is 0 Å². The van der Waals surface area contributed by atoms with Gasteiger partial charge in [-0.1, -0.05) is 138 Å². The summed E-state index contributed by atoms with van der Waals surface area (Å²) in [4.78, 5) is 12.8. The summed E-state index contributed by atoms with van der Waals surface area (Å²) in [5.41, 5.74) is 4.05. The van der Waals surface area contributed by atoms with Gasteiger partial charge in [0.2, 0.25) is 0 Å². The second-order valence-electron chi connectivity index (χ2n) is 17.8. The zero-order valence-corrected chi connectivity index (χ0v) is 35.2. The Morgan fingerprint density at radius 2 is 1.38 bits per heavy atom. The van der Waals surface area contributed by atoms with Gasteiger partial charge in [0, 0.05) is 12.8 Å². The van der Waals surface area contributed by atoms with Crippen LogP contribution in [-0.2, 0) is 9.53 Å². The number of hydrogen-bond donors (Lipinski definition) is 0. The van der Waals surface area contributed by atoms with Gasteiger partial charge in [-0.05, 0) is 156 Å². The fraction of sp³-hybridized carbons (Fsp3) is 0.667. The van der Waals surface area contributed by atoms with E-state index >= 15 is 0 Å². The standard InChI is InChI=1S/C51H78O2/c1-8-10-11-12-13-14-15-16-17-18-19-20-21-22-23-24-25-26-27-28-49(52)53-44-35-37-50(6)43(39-44)31-32-45-47-34-33-46(51(47,7)38-36-48(45)50)41(5)29-30-42(9-2)40(3)4/h9-11,13-14,16-17,19-20,22-23,25-26,31,40-41,44-48H,8,12,15,18,21,24,27-30,32-39H2,1-7H3/b11-10+,14-13+,17-16+,20-19+,23-22+,26-25+,42-9-/t41?,44-,45?,46?,47?,48?,50?,51?/m0/s1. The van der Waals surface area contributed by atoms with Crippen LogP contribution in [-0.4, -0.2) is 12.1 Å². The summed E-state index contributed by atoms with van der Waals surface area (Å²) >= 11 is 0. The number of esters is 1. The van der Waals surface area contributed by atoms with Crippen LogP contribution >= 0.6 is 0 Å². The lowest BCUT2D eigenvalue weighted by Gasteiger charge is -2.58. The van der Waals surface area contributed by atoms with Gasteiger partial charge in [-0.15, -0.1) is 0 Å². The Morgan fingerprint density at radius 3 is 1.96 bits per heavy atom. The van der Waals surface area contributed by atoms with Crippen molar-refractivity contribution in [2.24, 2.45) is 46.3 Å². The Hall–Kier alpha value is -2.61. The van der Waals surface area contributed by atoms with Gasteiger partial charge in [0.1, 0.15) is 6.10 Å². The van der Waals surface area contributed by atoms with Gasteiger partial charge in [-0.25, -0.2) is 0 Å². The van der Waals surface area contributed by atoms with Crippen molar-refractivity contribution in [3.8, 4) is 0 Å². The van der Waals surface area contributed by atoms with Crippen LogP contribution in [0.15, 0.2) is 96.2 Å². The molecule has 0 aromatic carbocycles. The first-order valence-corrected chi connectivity index (χ1v) is 22.1. The average molecular weight is 723 g/mol. The molecule has 4 aliphatic rings. The van der Waals surface area contributed by atoms with Crippen LogP contribution in [0.2, 0.25) is 0 Å². The highest BCUT2D eigenvalue weighted by molar-refractivity contribution is 5.69. The molecule has 0 aliphatic heterocycles. The molecule has 0 aromatic rings. The van der Waals surface area contributed by atoms with Crippen molar-refractivity contribution in [3.63, 3.8) is 0 Å². The monoisotopic (exact) mass is 723 g/mol. The lowest BCUT2D eigenvalue weighted by molar-refractivity contribution is -0.151. The first-order valence-electron chi connectivity index (χ1n) is 22.1. The minimum absolute atomic E-state index is 0.0260. The summed E-state index contributed by atoms with van der Waals surface area (Å²) in [5, 5.41) is 0. The van der Waals surface area contributed by atoms with E-state index in [1.54, 1.807) is 11.1 Å². The van der Waals surface area contributed by atoms with Crippen molar-refractivity contribution >= 4 is 5.97 Å². The molecule has 4 aliphatic carbocycles. The van der Waals surface area contributed by atoms with Crippen LogP contribution in [0.4, 0.5) is 0 Å². The maximum Gasteiger partial charge on any atom is 0.306 e. The van der Waals surface area contributed by atoms with E-state index in [9.17, 15) is 4.79 Å². The Morgan fingerprint density at radius 1 is 0.774 bits per heavy atom. The van der Waals surface area contributed by atoms with Crippen LogP contribution < -0.4 is 0 Å². The number of carbonyl (C=O) groups is 1. The SMILES string of the molecule is C/C=C(/CCC(C)C1CCC2C3CC=C4C[C@@H](OC(=O)CC/C=C/C/C=C/C/C=C/C/C=C/C/C=C/C/C=C/CC)CCC4(C)C3CCC12C)C(C)C. The third-order valence-corrected chi connectivity index (χ3v) is 14.2. The van der Waals surface area contributed by atoms with Crippen molar-refractivity contribution in [2.45, 2.75) is 170 Å². The van der Waals surface area contributed by atoms with Crippen LogP contribution in [0, 0.1) is 46.3 Å². The Bertz CT molecular complexity index is 1360. The van der Waals surface area contributed by atoms with E-state index in [0.29, 0.717) is 23.2 Å². The van der Waals surface area contributed by atoms with E-state index in [2.05, 4.69) is 134 Å². The second-order valence-corrected chi connectivity index (χ2v) is 17.8. The van der Waals surface area contributed by atoms with E-state index in [1.165, 1.54) is 51.4 Å². The molecule has 0 radical (unpaired) electrons. The molecule has 0 bridgehead atoms. The van der Waals surface area contributed by atoms with E-state index in [4.69, 9.17) is 4.74 Å². The topological polar surface area (TPSA) is 26.3 Å². The minimum atomic E-state index is -0.0260. The normalized spacial score (nSPS) is 31.4. The summed E-state index contributed by atoms with van der Waals surface area (Å²) in [5.74, 6) is 4.84. The molecule has 3 fully saturated rings. The Labute approximate surface area is 327 Å². The smallest absolute Gasteiger partial charge is 0.306 e. The van der Waals surface area contributed by atoms with Gasteiger partial charge in [0.25, 0.3) is 0 Å². The first-order chi connectivity index (χ1) is 25.6. The first kappa shape index (κ1) is 43.1. The molecular formula is C51H78O2. The third kappa shape index (κ3) is 12.2. The lowest BCUT2D eigenvalue weighted by atomic mass is 9.47. The molecule has 0 spiro atoms. The quantitative estimate of drug-likeness (QED) is 0.0924. The molecule has 3 saturated carbocycles. The van der Waals surface area contributed by atoms with Crippen molar-refractivity contribution in [1.82, 2.24) is 0 Å². The molecular weight excluding hydrogens is 645 g/mol. The van der Waals surface area contributed by atoms with Crippen LogP contribution in [0.1, 0.15) is 164 Å². The van der Waals surface area contributed by atoms with Crippen molar-refractivity contribution < 1.29 is 9.53 Å². The Kier molecular flexibility index (Phi) is 18.0. The van der Waals surface area contributed by atoms with Crippen LogP contribution in [0.3, 0.4) is 0 Å². The highest BCUT2D eigenvalue weighted by Gasteiger charge is 2.59. The molecule has 0 heterocycles. The minimum Gasteiger partial charge on any atom is -0.462 e. The van der Waals surface area contributed by atoms with Gasteiger partial charge in [0.15, 0.2) is 0 Å². The zero-order valence-electron chi connectivity index (χ0n) is 35.2. The number of hydrogen-bond acceptors (Lipinski definition) is 2. The molecule has 7 unspecified atom stereocenters. The highest BCUT2D eigenvalue weighted by Crippen LogP contribution is 2.67. The lowest BCUT2D eigenvalue weighted by Crippen LogP contribution is -2.51. The summed E-state index contributed by atoms with van der Waals surface area (Å²) in [6, 6.07) is 0. The average Bonchev–Trinajstić information content (AvgIpc) is 3.50. The zero-order chi connectivity index (χ0) is 38.1. The van der Waals surface area contributed by atoms with Gasteiger partial charge >= 0.3 is 5.97 Å². The van der Waals surface area contributed by atoms with Gasteiger partial charge in [0.05, 0.1) is 0 Å². The number of carbonyl (C=O) groups excluding carboxylic acids is 1. The fourth-order valence-electron chi connectivity index (χ4n) is 11.2. The van der Waals surface area contributed by atoms with Gasteiger partial charge < -0.3 is 4.74 Å². The maximum absolute atomic E-state index is 12.8. The number of allylic oxidation sites excluding steroid dienone is 15. The van der Waals surface area contributed by atoms with Crippen molar-refractivity contribution in [2.75, 3.05) is 0 Å². The predicted octanol–water partition coefficient (Wildman–Crippen LogP) is 15.0.